The summed E-state index contributed by atoms with van der Waals surface area (Å²) in [4.78, 5) is 24.5. The number of hydrogen-bond donors (Lipinski definition) is 2. The van der Waals surface area contributed by atoms with Gasteiger partial charge >= 0.3 is 5.69 Å². The fraction of sp³-hybridized carbons (Fsp3) is 0.154. The molecule has 0 bridgehead atoms. The number of carbonyl (C=O) groups is 1. The summed E-state index contributed by atoms with van der Waals surface area (Å²) < 4.78 is 0. The van der Waals surface area contributed by atoms with Crippen LogP contribution in [0.15, 0.2) is 30.3 Å². The van der Waals surface area contributed by atoms with Crippen molar-refractivity contribution in [3.63, 3.8) is 0 Å². The van der Waals surface area contributed by atoms with Gasteiger partial charge in [0.25, 0.3) is 5.91 Å². The Morgan fingerprint density at radius 1 is 1.40 bits per heavy atom. The molecular weight excluding hydrogens is 278 g/mol. The minimum absolute atomic E-state index is 0.0189. The van der Waals surface area contributed by atoms with Gasteiger partial charge < -0.3 is 11.1 Å². The van der Waals surface area contributed by atoms with E-state index in [9.17, 15) is 14.9 Å². The van der Waals surface area contributed by atoms with Crippen LogP contribution in [0.3, 0.4) is 0 Å². The number of nitrogens with two attached hydrogens (primary N) is 1. The van der Waals surface area contributed by atoms with Crippen molar-refractivity contribution < 1.29 is 9.72 Å². The quantitative estimate of drug-likeness (QED) is 0.513. The second-order valence-corrected chi connectivity index (χ2v) is 5.57. The molecule has 20 heavy (non-hydrogen) atoms. The monoisotopic (exact) mass is 291 g/mol. The van der Waals surface area contributed by atoms with Crippen molar-refractivity contribution in [1.82, 2.24) is 5.32 Å². The SMILES string of the molecule is Cc1ccc(CNC(=O)c2cccc(N)c2[N+](=O)[O-])s1. The van der Waals surface area contributed by atoms with Gasteiger partial charge in [-0.2, -0.15) is 0 Å². The number of nitrogen functional groups attached to an aromatic ring is 1. The van der Waals surface area contributed by atoms with Crippen molar-refractivity contribution in [2.75, 3.05) is 5.73 Å². The van der Waals surface area contributed by atoms with Gasteiger partial charge in [-0.05, 0) is 31.2 Å². The molecule has 6 nitrogen and oxygen atoms in total. The third-order valence-corrected chi connectivity index (χ3v) is 3.71. The maximum Gasteiger partial charge on any atom is 0.304 e. The Labute approximate surface area is 119 Å². The van der Waals surface area contributed by atoms with E-state index >= 15 is 0 Å². The Kier molecular flexibility index (Phi) is 3.99. The Balaban J connectivity index is 2.17. The average molecular weight is 291 g/mol. The molecule has 0 aliphatic rings. The van der Waals surface area contributed by atoms with Gasteiger partial charge in [0, 0.05) is 9.75 Å². The van der Waals surface area contributed by atoms with Crippen molar-refractivity contribution in [1.29, 1.82) is 0 Å². The Hall–Kier alpha value is -2.41. The number of amides is 1. The van der Waals surface area contributed by atoms with Gasteiger partial charge in [0.1, 0.15) is 11.3 Å². The van der Waals surface area contributed by atoms with Crippen LogP contribution in [0.2, 0.25) is 0 Å². The lowest BCUT2D eigenvalue weighted by Crippen LogP contribution is -2.23. The van der Waals surface area contributed by atoms with Crippen LogP contribution >= 0.6 is 11.3 Å². The fourth-order valence-corrected chi connectivity index (χ4v) is 2.62. The number of hydrogen-bond acceptors (Lipinski definition) is 5. The minimum Gasteiger partial charge on any atom is -0.393 e. The first-order valence-corrected chi connectivity index (χ1v) is 6.67. The van der Waals surface area contributed by atoms with Crippen LogP contribution in [0.5, 0.6) is 0 Å². The third-order valence-electron chi connectivity index (χ3n) is 2.71. The molecule has 0 aliphatic heterocycles. The van der Waals surface area contributed by atoms with E-state index in [0.29, 0.717) is 6.54 Å². The van der Waals surface area contributed by atoms with Crippen molar-refractivity contribution in [3.05, 3.63) is 55.8 Å². The number of carbonyl (C=O) groups excluding carboxylic acids is 1. The number of rotatable bonds is 4. The molecule has 7 heteroatoms. The first-order chi connectivity index (χ1) is 9.49. The topological polar surface area (TPSA) is 98.3 Å². The summed E-state index contributed by atoms with van der Waals surface area (Å²) in [5.41, 5.74) is 5.15. The lowest BCUT2D eigenvalue weighted by Gasteiger charge is -2.06. The molecular formula is C13H13N3O3S. The number of aryl methyl sites for hydroxylation is 1. The van der Waals surface area contributed by atoms with Crippen LogP contribution < -0.4 is 11.1 Å². The highest BCUT2D eigenvalue weighted by Gasteiger charge is 2.22. The molecule has 0 unspecified atom stereocenters. The maximum absolute atomic E-state index is 12.0. The molecule has 0 fully saturated rings. The lowest BCUT2D eigenvalue weighted by molar-refractivity contribution is -0.384. The van der Waals surface area contributed by atoms with Crippen LogP contribution in [-0.4, -0.2) is 10.8 Å². The molecule has 0 spiro atoms. The zero-order valence-corrected chi connectivity index (χ0v) is 11.6. The summed E-state index contributed by atoms with van der Waals surface area (Å²) in [6.07, 6.45) is 0. The van der Waals surface area contributed by atoms with E-state index in [0.717, 1.165) is 9.75 Å². The molecule has 1 aromatic heterocycles. The van der Waals surface area contributed by atoms with Gasteiger partial charge in [0.15, 0.2) is 0 Å². The molecule has 104 valence electrons. The first kappa shape index (κ1) is 14.0. The van der Waals surface area contributed by atoms with Gasteiger partial charge in [0.2, 0.25) is 0 Å². The third kappa shape index (κ3) is 2.94. The molecule has 1 amide bonds. The van der Waals surface area contributed by atoms with Crippen LogP contribution in [0.1, 0.15) is 20.1 Å². The number of thiophene rings is 1. The van der Waals surface area contributed by atoms with Crippen molar-refractivity contribution in [3.8, 4) is 0 Å². The van der Waals surface area contributed by atoms with Crippen LogP contribution in [-0.2, 0) is 6.54 Å². The molecule has 2 aromatic rings. The normalized spacial score (nSPS) is 10.2. The van der Waals surface area contributed by atoms with E-state index < -0.39 is 10.8 Å². The van der Waals surface area contributed by atoms with Gasteiger partial charge in [-0.25, -0.2) is 0 Å². The second-order valence-electron chi connectivity index (χ2n) is 4.20. The smallest absolute Gasteiger partial charge is 0.304 e. The molecule has 3 N–H and O–H groups in total. The highest BCUT2D eigenvalue weighted by Crippen LogP contribution is 2.25. The van der Waals surface area contributed by atoms with E-state index in [1.807, 2.05) is 19.1 Å². The van der Waals surface area contributed by atoms with E-state index in [1.54, 1.807) is 11.3 Å². The van der Waals surface area contributed by atoms with Crippen molar-refractivity contribution >= 4 is 28.6 Å². The highest BCUT2D eigenvalue weighted by atomic mass is 32.1. The van der Waals surface area contributed by atoms with Gasteiger partial charge in [0.05, 0.1) is 11.5 Å². The molecule has 0 radical (unpaired) electrons. The summed E-state index contributed by atoms with van der Waals surface area (Å²) in [7, 11) is 0. The number of nitro benzene ring substituents is 1. The number of benzene rings is 1. The number of para-hydroxylation sites is 1. The summed E-state index contributed by atoms with van der Waals surface area (Å²) in [5, 5.41) is 13.6. The highest BCUT2D eigenvalue weighted by molar-refractivity contribution is 7.11. The average Bonchev–Trinajstić information content (AvgIpc) is 2.81. The predicted molar refractivity (Wildman–Crippen MR) is 77.7 cm³/mol. The number of anilines is 1. The summed E-state index contributed by atoms with van der Waals surface area (Å²) in [6, 6.07) is 8.18. The van der Waals surface area contributed by atoms with Gasteiger partial charge in [-0.1, -0.05) is 6.07 Å². The molecule has 2 rings (SSSR count). The molecule has 0 saturated carbocycles. The molecule has 1 heterocycles. The van der Waals surface area contributed by atoms with Crippen LogP contribution in [0.25, 0.3) is 0 Å². The van der Waals surface area contributed by atoms with E-state index in [2.05, 4.69) is 5.32 Å². The van der Waals surface area contributed by atoms with E-state index in [-0.39, 0.29) is 16.9 Å². The van der Waals surface area contributed by atoms with Crippen molar-refractivity contribution in [2.45, 2.75) is 13.5 Å². The zero-order chi connectivity index (χ0) is 14.7. The van der Waals surface area contributed by atoms with Crippen LogP contribution in [0, 0.1) is 17.0 Å². The van der Waals surface area contributed by atoms with Crippen LogP contribution in [0.4, 0.5) is 11.4 Å². The Bertz CT molecular complexity index is 667. The molecule has 0 saturated heterocycles. The lowest BCUT2D eigenvalue weighted by atomic mass is 10.1. The summed E-state index contributed by atoms with van der Waals surface area (Å²) in [5.74, 6) is -0.505. The largest absolute Gasteiger partial charge is 0.393 e. The molecule has 0 aliphatic carbocycles. The Morgan fingerprint density at radius 3 is 2.75 bits per heavy atom. The maximum atomic E-state index is 12.0. The van der Waals surface area contributed by atoms with E-state index in [1.165, 1.54) is 18.2 Å². The molecule has 0 atom stereocenters. The number of nitrogens with zero attached hydrogens (tertiary/aromatic N) is 1. The standard InChI is InChI=1S/C13H13N3O3S/c1-8-5-6-9(20-8)7-15-13(17)10-3-2-4-11(14)12(10)16(18)19/h2-6H,7,14H2,1H3,(H,15,17). The second kappa shape index (κ2) is 5.70. The van der Waals surface area contributed by atoms with E-state index in [4.69, 9.17) is 5.73 Å². The van der Waals surface area contributed by atoms with Crippen molar-refractivity contribution in [2.24, 2.45) is 0 Å². The Morgan fingerprint density at radius 2 is 2.15 bits per heavy atom. The summed E-state index contributed by atoms with van der Waals surface area (Å²) in [6.45, 7) is 2.31. The summed E-state index contributed by atoms with van der Waals surface area (Å²) >= 11 is 1.57. The number of nitrogens with one attached hydrogen (secondary N) is 1. The first-order valence-electron chi connectivity index (χ1n) is 5.85. The van der Waals surface area contributed by atoms with Gasteiger partial charge in [-0.15, -0.1) is 11.3 Å². The fourth-order valence-electron chi connectivity index (χ4n) is 1.79. The zero-order valence-electron chi connectivity index (χ0n) is 10.8. The molecule has 1 aromatic carbocycles. The minimum atomic E-state index is -0.639. The predicted octanol–water partition coefficient (Wildman–Crippen LogP) is 2.48. The van der Waals surface area contributed by atoms with Gasteiger partial charge in [-0.3, -0.25) is 14.9 Å². The number of nitro groups is 1.